The van der Waals surface area contributed by atoms with E-state index in [9.17, 15) is 18.3 Å². The van der Waals surface area contributed by atoms with Gasteiger partial charge in [-0.2, -0.15) is 0 Å². The molecule has 1 aromatic carbocycles. The van der Waals surface area contributed by atoms with Gasteiger partial charge >= 0.3 is 6.09 Å². The minimum absolute atomic E-state index is 0.146. The normalized spacial score (nSPS) is 28.4. The molecule has 0 aromatic heterocycles. The highest BCUT2D eigenvalue weighted by atomic mass is 32.2. The topological polar surface area (TPSA) is 83.9 Å². The number of rotatable bonds is 2. The Balaban J connectivity index is 1.93. The standard InChI is InChI=1S/C18H23NO5S/c1-11-5-7-12(8-6-11)25(22,23)16-14-10-9-13(15(16)20)19(14)17(21)24-18(2,3)4/h5-10,13-16,20H,1-4H3/t13-,14+,15+,16-/m1/s1. The molecule has 0 spiro atoms. The van der Waals surface area contributed by atoms with Crippen molar-refractivity contribution in [3.63, 3.8) is 0 Å². The van der Waals surface area contributed by atoms with Crippen LogP contribution >= 0.6 is 0 Å². The fraction of sp³-hybridized carbons (Fsp3) is 0.500. The van der Waals surface area contributed by atoms with E-state index in [2.05, 4.69) is 0 Å². The van der Waals surface area contributed by atoms with Gasteiger partial charge in [0.25, 0.3) is 0 Å². The van der Waals surface area contributed by atoms with Crippen LogP contribution in [-0.4, -0.2) is 53.6 Å². The summed E-state index contributed by atoms with van der Waals surface area (Å²) in [7, 11) is -3.80. The summed E-state index contributed by atoms with van der Waals surface area (Å²) in [5.74, 6) is 0. The van der Waals surface area contributed by atoms with Crippen molar-refractivity contribution in [2.24, 2.45) is 0 Å². The summed E-state index contributed by atoms with van der Waals surface area (Å²) in [6, 6.07) is 5.07. The number of aliphatic hydroxyl groups is 1. The number of amides is 1. The Morgan fingerprint density at radius 2 is 1.68 bits per heavy atom. The number of ether oxygens (including phenoxy) is 1. The van der Waals surface area contributed by atoms with Crippen molar-refractivity contribution in [2.75, 3.05) is 0 Å². The number of aliphatic hydroxyl groups excluding tert-OH is 1. The molecular formula is C18H23NO5S. The van der Waals surface area contributed by atoms with Gasteiger partial charge in [-0.1, -0.05) is 29.8 Å². The zero-order chi connectivity index (χ0) is 18.6. The van der Waals surface area contributed by atoms with Crippen LogP contribution in [0.1, 0.15) is 26.3 Å². The molecule has 1 fully saturated rings. The van der Waals surface area contributed by atoms with E-state index in [1.165, 1.54) is 17.0 Å². The van der Waals surface area contributed by atoms with E-state index in [-0.39, 0.29) is 4.90 Å². The third kappa shape index (κ3) is 3.06. The van der Waals surface area contributed by atoms with E-state index in [1.807, 2.05) is 6.92 Å². The lowest BCUT2D eigenvalue weighted by Crippen LogP contribution is -2.43. The molecule has 0 saturated carbocycles. The van der Waals surface area contributed by atoms with Crippen LogP contribution in [0, 0.1) is 6.92 Å². The Labute approximate surface area is 148 Å². The summed E-state index contributed by atoms with van der Waals surface area (Å²) in [4.78, 5) is 14.0. The number of carbonyl (C=O) groups excluding carboxylic acids is 1. The number of hydrogen-bond donors (Lipinski definition) is 1. The van der Waals surface area contributed by atoms with Crippen molar-refractivity contribution < 1.29 is 23.1 Å². The van der Waals surface area contributed by atoms with Crippen LogP contribution in [0.25, 0.3) is 0 Å². The number of aryl methyl sites for hydroxylation is 1. The molecule has 7 heteroatoms. The molecule has 0 aliphatic carbocycles. The molecule has 1 saturated heterocycles. The van der Waals surface area contributed by atoms with Gasteiger partial charge in [0.1, 0.15) is 10.9 Å². The average Bonchev–Trinajstić information content (AvgIpc) is 3.01. The van der Waals surface area contributed by atoms with Crippen molar-refractivity contribution in [3.05, 3.63) is 42.0 Å². The van der Waals surface area contributed by atoms with Crippen LogP contribution in [0.15, 0.2) is 41.3 Å². The highest BCUT2D eigenvalue weighted by Gasteiger charge is 2.58. The number of carbonyl (C=O) groups is 1. The van der Waals surface area contributed by atoms with Crippen molar-refractivity contribution in [1.29, 1.82) is 0 Å². The second kappa shape index (κ2) is 5.85. The number of fused-ring (bicyclic) bond motifs is 2. The Hall–Kier alpha value is -1.86. The van der Waals surface area contributed by atoms with Gasteiger partial charge in [-0.05, 0) is 39.8 Å². The van der Waals surface area contributed by atoms with Crippen molar-refractivity contribution in [3.8, 4) is 0 Å². The van der Waals surface area contributed by atoms with Crippen LogP contribution in [-0.2, 0) is 14.6 Å². The monoisotopic (exact) mass is 365 g/mol. The van der Waals surface area contributed by atoms with Gasteiger partial charge in [-0.3, -0.25) is 4.90 Å². The highest BCUT2D eigenvalue weighted by molar-refractivity contribution is 7.92. The summed E-state index contributed by atoms with van der Waals surface area (Å²) < 4.78 is 31.4. The first kappa shape index (κ1) is 17.9. The molecule has 1 amide bonds. The molecule has 3 rings (SSSR count). The second-order valence-corrected chi connectivity index (χ2v) is 9.67. The first-order valence-electron chi connectivity index (χ1n) is 8.21. The third-order valence-corrected chi connectivity index (χ3v) is 6.69. The van der Waals surface area contributed by atoms with Gasteiger partial charge in [-0.25, -0.2) is 13.2 Å². The summed E-state index contributed by atoms with van der Waals surface area (Å²) in [5, 5.41) is 9.47. The number of sulfone groups is 1. The molecule has 1 aromatic rings. The SMILES string of the molecule is Cc1ccc(S(=O)(=O)[C@H]2[C@@H](O)[C@H]3C=C[C@@H]2N3C(=O)OC(C)(C)C)cc1. The van der Waals surface area contributed by atoms with E-state index >= 15 is 0 Å². The van der Waals surface area contributed by atoms with Gasteiger partial charge in [0, 0.05) is 0 Å². The molecule has 2 aliphatic heterocycles. The van der Waals surface area contributed by atoms with E-state index < -0.39 is 45.0 Å². The Morgan fingerprint density at radius 3 is 2.24 bits per heavy atom. The van der Waals surface area contributed by atoms with Gasteiger partial charge < -0.3 is 9.84 Å². The molecule has 2 bridgehead atoms. The largest absolute Gasteiger partial charge is 0.444 e. The molecule has 2 heterocycles. The summed E-state index contributed by atoms with van der Waals surface area (Å²) >= 11 is 0. The summed E-state index contributed by atoms with van der Waals surface area (Å²) in [5.41, 5.74) is 0.248. The van der Waals surface area contributed by atoms with Gasteiger partial charge in [0.15, 0.2) is 9.84 Å². The van der Waals surface area contributed by atoms with E-state index in [1.54, 1.807) is 45.1 Å². The molecule has 136 valence electrons. The van der Waals surface area contributed by atoms with Crippen LogP contribution < -0.4 is 0 Å². The van der Waals surface area contributed by atoms with Crippen LogP contribution in [0.4, 0.5) is 4.79 Å². The predicted molar refractivity (Wildman–Crippen MR) is 92.9 cm³/mol. The Bertz CT molecular complexity index is 807. The second-order valence-electron chi connectivity index (χ2n) is 7.57. The lowest BCUT2D eigenvalue weighted by Gasteiger charge is -2.27. The molecule has 1 N–H and O–H groups in total. The van der Waals surface area contributed by atoms with Gasteiger partial charge in [0.05, 0.1) is 23.1 Å². The number of nitrogens with zero attached hydrogens (tertiary/aromatic N) is 1. The Kier molecular flexibility index (Phi) is 4.20. The van der Waals surface area contributed by atoms with Crippen LogP contribution in [0.3, 0.4) is 0 Å². The smallest absolute Gasteiger partial charge is 0.411 e. The number of benzene rings is 1. The van der Waals surface area contributed by atoms with Gasteiger partial charge in [0.2, 0.25) is 0 Å². The zero-order valence-corrected chi connectivity index (χ0v) is 15.5. The first-order chi connectivity index (χ1) is 11.5. The van der Waals surface area contributed by atoms with Crippen molar-refractivity contribution >= 4 is 15.9 Å². The van der Waals surface area contributed by atoms with Gasteiger partial charge in [-0.15, -0.1) is 0 Å². The molecule has 25 heavy (non-hydrogen) atoms. The van der Waals surface area contributed by atoms with Crippen molar-refractivity contribution in [1.82, 2.24) is 4.90 Å². The quantitative estimate of drug-likeness (QED) is 0.811. The molecule has 0 radical (unpaired) electrons. The Morgan fingerprint density at radius 1 is 1.12 bits per heavy atom. The van der Waals surface area contributed by atoms with Crippen LogP contribution in [0.5, 0.6) is 0 Å². The minimum Gasteiger partial charge on any atom is -0.444 e. The molecular weight excluding hydrogens is 342 g/mol. The van der Waals surface area contributed by atoms with Crippen LogP contribution in [0.2, 0.25) is 0 Å². The van der Waals surface area contributed by atoms with E-state index in [0.717, 1.165) is 5.56 Å². The lowest BCUT2D eigenvalue weighted by atomic mass is 10.0. The summed E-state index contributed by atoms with van der Waals surface area (Å²) in [6.45, 7) is 7.10. The lowest BCUT2D eigenvalue weighted by molar-refractivity contribution is 0.0193. The highest BCUT2D eigenvalue weighted by Crippen LogP contribution is 2.39. The number of hydrogen-bond acceptors (Lipinski definition) is 5. The molecule has 6 nitrogen and oxygen atoms in total. The average molecular weight is 365 g/mol. The molecule has 2 aliphatic rings. The molecule has 0 unspecified atom stereocenters. The maximum Gasteiger partial charge on any atom is 0.411 e. The third-order valence-electron chi connectivity index (χ3n) is 4.48. The maximum absolute atomic E-state index is 13.0. The molecule has 4 atom stereocenters. The first-order valence-corrected chi connectivity index (χ1v) is 9.75. The fourth-order valence-electron chi connectivity index (χ4n) is 3.36. The van der Waals surface area contributed by atoms with E-state index in [4.69, 9.17) is 4.74 Å². The maximum atomic E-state index is 13.0. The van der Waals surface area contributed by atoms with Crippen molar-refractivity contribution in [2.45, 2.75) is 61.6 Å². The predicted octanol–water partition coefficient (Wildman–Crippen LogP) is 2.06. The fourth-order valence-corrected chi connectivity index (χ4v) is 5.31. The van der Waals surface area contributed by atoms with E-state index in [0.29, 0.717) is 0 Å². The summed E-state index contributed by atoms with van der Waals surface area (Å²) in [6.07, 6.45) is 1.53. The minimum atomic E-state index is -3.80. The zero-order valence-electron chi connectivity index (χ0n) is 14.7.